The molecule has 0 fully saturated rings. The third-order valence-corrected chi connectivity index (χ3v) is 5.78. The highest BCUT2D eigenvalue weighted by Gasteiger charge is 2.32. The minimum absolute atomic E-state index is 0.0103. The summed E-state index contributed by atoms with van der Waals surface area (Å²) < 4.78 is 1.89. The molecule has 2 rings (SSSR count). The van der Waals surface area contributed by atoms with Crippen LogP contribution in [0.3, 0.4) is 0 Å². The van der Waals surface area contributed by atoms with Crippen LogP contribution in [0.15, 0.2) is 29.4 Å². The predicted octanol–water partition coefficient (Wildman–Crippen LogP) is 3.33. The number of nitriles is 1. The zero-order valence-corrected chi connectivity index (χ0v) is 16.9. The fourth-order valence-electron chi connectivity index (χ4n) is 2.35. The van der Waals surface area contributed by atoms with Gasteiger partial charge in [-0.25, -0.2) is 0 Å². The minimum Gasteiger partial charge on any atom is -0.337 e. The van der Waals surface area contributed by atoms with E-state index in [2.05, 4.69) is 21.6 Å². The molecule has 1 aromatic heterocycles. The van der Waals surface area contributed by atoms with Crippen LogP contribution in [0, 0.1) is 24.2 Å². The summed E-state index contributed by atoms with van der Waals surface area (Å²) in [6.07, 6.45) is 0. The standard InChI is InChI=1S/C19H25N5OS/c1-12(2)19(5,11-20)21-17(25)14(4)26-18-23-22-16(24(18)6)15-10-8-7-9-13(15)3/h7-10,12,14H,1-6H3,(H,21,25)/t14-,19-/m1/s1. The van der Waals surface area contributed by atoms with E-state index in [0.29, 0.717) is 5.16 Å². The van der Waals surface area contributed by atoms with Crippen molar-refractivity contribution in [1.82, 2.24) is 20.1 Å². The van der Waals surface area contributed by atoms with Crippen molar-refractivity contribution in [2.75, 3.05) is 0 Å². The molecule has 7 heteroatoms. The van der Waals surface area contributed by atoms with Crippen LogP contribution < -0.4 is 5.32 Å². The Hall–Kier alpha value is -2.33. The maximum Gasteiger partial charge on any atom is 0.234 e. The number of rotatable bonds is 6. The number of amides is 1. The van der Waals surface area contributed by atoms with Gasteiger partial charge in [-0.1, -0.05) is 49.9 Å². The summed E-state index contributed by atoms with van der Waals surface area (Å²) in [4.78, 5) is 12.5. The Morgan fingerprint density at radius 1 is 1.31 bits per heavy atom. The van der Waals surface area contributed by atoms with E-state index in [0.717, 1.165) is 17.0 Å². The maximum atomic E-state index is 12.5. The van der Waals surface area contributed by atoms with Gasteiger partial charge >= 0.3 is 0 Å². The molecule has 0 radical (unpaired) electrons. The molecule has 2 aromatic rings. The molecular formula is C19H25N5OS. The lowest BCUT2D eigenvalue weighted by atomic mass is 9.90. The van der Waals surface area contributed by atoms with Crippen molar-refractivity contribution in [1.29, 1.82) is 5.26 Å². The zero-order chi connectivity index (χ0) is 19.5. The van der Waals surface area contributed by atoms with Gasteiger partial charge in [0.2, 0.25) is 5.91 Å². The molecule has 0 unspecified atom stereocenters. The van der Waals surface area contributed by atoms with Crippen LogP contribution in [0.25, 0.3) is 11.4 Å². The Balaban J connectivity index is 2.16. The van der Waals surface area contributed by atoms with Crippen molar-refractivity contribution < 1.29 is 4.79 Å². The quantitative estimate of drug-likeness (QED) is 0.788. The summed E-state index contributed by atoms with van der Waals surface area (Å²) >= 11 is 1.33. The molecule has 0 aliphatic carbocycles. The van der Waals surface area contributed by atoms with Crippen LogP contribution in [-0.4, -0.2) is 31.5 Å². The Morgan fingerprint density at radius 3 is 2.54 bits per heavy atom. The molecular weight excluding hydrogens is 346 g/mol. The lowest BCUT2D eigenvalue weighted by molar-refractivity contribution is -0.121. The first-order chi connectivity index (χ1) is 12.2. The van der Waals surface area contributed by atoms with Crippen LogP contribution in [0.2, 0.25) is 0 Å². The van der Waals surface area contributed by atoms with E-state index in [-0.39, 0.29) is 11.8 Å². The largest absolute Gasteiger partial charge is 0.337 e. The summed E-state index contributed by atoms with van der Waals surface area (Å²) in [5.74, 6) is 0.589. The van der Waals surface area contributed by atoms with Gasteiger partial charge in [-0.2, -0.15) is 5.26 Å². The zero-order valence-electron chi connectivity index (χ0n) is 16.1. The molecule has 26 heavy (non-hydrogen) atoms. The summed E-state index contributed by atoms with van der Waals surface area (Å²) in [6, 6.07) is 10.2. The Morgan fingerprint density at radius 2 is 1.96 bits per heavy atom. The highest BCUT2D eigenvalue weighted by Crippen LogP contribution is 2.27. The van der Waals surface area contributed by atoms with Gasteiger partial charge in [-0.15, -0.1) is 10.2 Å². The molecule has 0 aliphatic rings. The van der Waals surface area contributed by atoms with E-state index in [1.54, 1.807) is 13.8 Å². The average molecular weight is 372 g/mol. The highest BCUT2D eigenvalue weighted by molar-refractivity contribution is 8.00. The molecule has 1 aromatic carbocycles. The number of thioether (sulfide) groups is 1. The summed E-state index contributed by atoms with van der Waals surface area (Å²) in [7, 11) is 1.89. The molecule has 1 amide bonds. The Kier molecular flexibility index (Phi) is 6.09. The summed E-state index contributed by atoms with van der Waals surface area (Å²) in [6.45, 7) is 9.41. The fourth-order valence-corrected chi connectivity index (χ4v) is 3.16. The van der Waals surface area contributed by atoms with Gasteiger partial charge in [0.25, 0.3) is 0 Å². The number of hydrogen-bond acceptors (Lipinski definition) is 5. The van der Waals surface area contributed by atoms with Crippen molar-refractivity contribution >= 4 is 17.7 Å². The second-order valence-corrected chi connectivity index (χ2v) is 8.21. The number of carbonyl (C=O) groups excluding carboxylic acids is 1. The Bertz CT molecular complexity index is 839. The van der Waals surface area contributed by atoms with Crippen molar-refractivity contribution in [3.63, 3.8) is 0 Å². The van der Waals surface area contributed by atoms with E-state index in [4.69, 9.17) is 0 Å². The SMILES string of the molecule is Cc1ccccc1-c1nnc(S[C@H](C)C(=O)N[C@](C)(C#N)C(C)C)n1C. The number of benzene rings is 1. The van der Waals surface area contributed by atoms with E-state index < -0.39 is 10.8 Å². The molecule has 6 nitrogen and oxygen atoms in total. The van der Waals surface area contributed by atoms with Gasteiger partial charge in [0.05, 0.1) is 11.3 Å². The lowest BCUT2D eigenvalue weighted by Gasteiger charge is -2.28. The number of carbonyl (C=O) groups is 1. The van der Waals surface area contributed by atoms with Crippen molar-refractivity contribution in [3.05, 3.63) is 29.8 Å². The molecule has 2 atom stereocenters. The summed E-state index contributed by atoms with van der Waals surface area (Å²) in [5, 5.41) is 21.0. The van der Waals surface area contributed by atoms with Crippen LogP contribution in [-0.2, 0) is 11.8 Å². The first kappa shape index (κ1) is 20.0. The first-order valence-corrected chi connectivity index (χ1v) is 9.43. The smallest absolute Gasteiger partial charge is 0.234 e. The third kappa shape index (κ3) is 4.07. The van der Waals surface area contributed by atoms with Crippen LogP contribution in [0.5, 0.6) is 0 Å². The number of nitrogens with zero attached hydrogens (tertiary/aromatic N) is 4. The molecule has 1 heterocycles. The number of aryl methyl sites for hydroxylation is 1. The number of hydrogen-bond donors (Lipinski definition) is 1. The fraction of sp³-hybridized carbons (Fsp3) is 0.474. The highest BCUT2D eigenvalue weighted by atomic mass is 32.2. The molecule has 0 saturated heterocycles. The molecule has 1 N–H and O–H groups in total. The number of aromatic nitrogens is 3. The normalized spacial score (nSPS) is 14.5. The molecule has 0 aliphatic heterocycles. The van der Waals surface area contributed by atoms with Gasteiger partial charge in [0.1, 0.15) is 5.54 Å². The Labute approximate surface area is 159 Å². The van der Waals surface area contributed by atoms with Gasteiger partial charge in [-0.3, -0.25) is 4.79 Å². The van der Waals surface area contributed by atoms with Gasteiger partial charge < -0.3 is 9.88 Å². The molecule has 0 spiro atoms. The van der Waals surface area contributed by atoms with Crippen molar-refractivity contribution in [2.24, 2.45) is 13.0 Å². The van der Waals surface area contributed by atoms with Crippen LogP contribution >= 0.6 is 11.8 Å². The molecule has 138 valence electrons. The van der Waals surface area contributed by atoms with Gasteiger partial charge in [-0.05, 0) is 32.3 Å². The molecule has 0 saturated carbocycles. The van der Waals surface area contributed by atoms with E-state index in [1.807, 2.05) is 56.7 Å². The third-order valence-electron chi connectivity index (χ3n) is 4.64. The van der Waals surface area contributed by atoms with Crippen LogP contribution in [0.4, 0.5) is 0 Å². The van der Waals surface area contributed by atoms with Crippen LogP contribution in [0.1, 0.15) is 33.3 Å². The predicted molar refractivity (Wildman–Crippen MR) is 103 cm³/mol. The van der Waals surface area contributed by atoms with Crippen molar-refractivity contribution in [3.8, 4) is 17.5 Å². The number of nitrogens with one attached hydrogen (secondary N) is 1. The second-order valence-electron chi connectivity index (χ2n) is 6.90. The van der Waals surface area contributed by atoms with E-state index >= 15 is 0 Å². The van der Waals surface area contributed by atoms with E-state index in [9.17, 15) is 10.1 Å². The van der Waals surface area contributed by atoms with Gasteiger partial charge in [0, 0.05) is 12.6 Å². The molecule has 0 bridgehead atoms. The van der Waals surface area contributed by atoms with Gasteiger partial charge in [0.15, 0.2) is 11.0 Å². The average Bonchev–Trinajstić information content (AvgIpc) is 2.95. The first-order valence-electron chi connectivity index (χ1n) is 8.55. The monoisotopic (exact) mass is 371 g/mol. The second kappa shape index (κ2) is 7.92. The topological polar surface area (TPSA) is 83.6 Å². The van der Waals surface area contributed by atoms with E-state index in [1.165, 1.54) is 11.8 Å². The lowest BCUT2D eigenvalue weighted by Crippen LogP contribution is -2.51. The summed E-state index contributed by atoms with van der Waals surface area (Å²) in [5.41, 5.74) is 1.24. The maximum absolute atomic E-state index is 12.5. The van der Waals surface area contributed by atoms with Crippen molar-refractivity contribution in [2.45, 2.75) is 50.6 Å². The minimum atomic E-state index is -0.891.